The Bertz CT molecular complexity index is 1220. The molecule has 1 atom stereocenters. The van der Waals surface area contributed by atoms with Crippen LogP contribution in [0.15, 0.2) is 59.4 Å². The maximum Gasteiger partial charge on any atom is 0.261 e. The highest BCUT2D eigenvalue weighted by molar-refractivity contribution is 7.22. The van der Waals surface area contributed by atoms with Gasteiger partial charge >= 0.3 is 0 Å². The fraction of sp³-hybridized carbons (Fsp3) is 0.227. The van der Waals surface area contributed by atoms with Crippen LogP contribution in [0, 0.1) is 0 Å². The van der Waals surface area contributed by atoms with Gasteiger partial charge in [0.05, 0.1) is 28.4 Å². The van der Waals surface area contributed by atoms with Gasteiger partial charge in [-0.25, -0.2) is 4.98 Å². The van der Waals surface area contributed by atoms with Crippen molar-refractivity contribution in [1.82, 2.24) is 9.97 Å². The quantitative estimate of drug-likeness (QED) is 0.558. The Morgan fingerprint density at radius 1 is 1.21 bits per heavy atom. The fourth-order valence-corrected chi connectivity index (χ4v) is 4.72. The van der Waals surface area contributed by atoms with Gasteiger partial charge in [0.15, 0.2) is 5.13 Å². The number of para-hydroxylation sites is 2. The molecule has 5 rings (SSSR count). The Kier molecular flexibility index (Phi) is 4.61. The van der Waals surface area contributed by atoms with Crippen molar-refractivity contribution >= 4 is 43.5 Å². The summed E-state index contributed by atoms with van der Waals surface area (Å²) in [7, 11) is 0. The molecule has 4 aromatic rings. The topological polar surface area (TPSA) is 75.3 Å². The number of aromatic amines is 1. The minimum atomic E-state index is -0.298. The third-order valence-electron chi connectivity index (χ3n) is 5.15. The lowest BCUT2D eigenvalue weighted by Crippen LogP contribution is -2.38. The summed E-state index contributed by atoms with van der Waals surface area (Å²) < 4.78 is 6.81. The van der Waals surface area contributed by atoms with E-state index in [1.54, 1.807) is 11.0 Å². The number of benzene rings is 2. The number of carbonyl (C=O) groups excluding carboxylic acids is 1. The number of ether oxygens (including phenoxy) is 1. The molecule has 2 aromatic heterocycles. The first kappa shape index (κ1) is 18.0. The number of hydrogen-bond acceptors (Lipinski definition) is 5. The molecule has 1 amide bonds. The number of anilines is 1. The van der Waals surface area contributed by atoms with E-state index in [4.69, 9.17) is 4.74 Å². The zero-order chi connectivity index (χ0) is 19.8. The molecular weight excluding hydrogens is 386 g/mol. The molecule has 1 saturated heterocycles. The molecule has 1 aliphatic heterocycles. The van der Waals surface area contributed by atoms with E-state index in [9.17, 15) is 9.59 Å². The molecule has 0 aliphatic carbocycles. The Hall–Kier alpha value is -3.03. The first-order valence-electron chi connectivity index (χ1n) is 9.60. The highest BCUT2D eigenvalue weighted by Gasteiger charge is 2.28. The highest BCUT2D eigenvalue weighted by atomic mass is 32.1. The van der Waals surface area contributed by atoms with Crippen LogP contribution in [0.5, 0.6) is 0 Å². The van der Waals surface area contributed by atoms with Crippen molar-refractivity contribution in [1.29, 1.82) is 0 Å². The Morgan fingerprint density at radius 2 is 2.03 bits per heavy atom. The lowest BCUT2D eigenvalue weighted by Gasteiger charge is -2.23. The van der Waals surface area contributed by atoms with Crippen molar-refractivity contribution in [3.63, 3.8) is 0 Å². The summed E-state index contributed by atoms with van der Waals surface area (Å²) in [5.74, 6) is -0.234. The summed E-state index contributed by atoms with van der Waals surface area (Å²) in [5.41, 5.74) is 1.58. The molecule has 146 valence electrons. The van der Waals surface area contributed by atoms with E-state index in [-0.39, 0.29) is 17.6 Å². The van der Waals surface area contributed by atoms with Crippen LogP contribution in [0.2, 0.25) is 0 Å². The second-order valence-corrected chi connectivity index (χ2v) is 8.12. The minimum absolute atomic E-state index is 0.0285. The normalized spacial score (nSPS) is 16.5. The summed E-state index contributed by atoms with van der Waals surface area (Å²) in [5, 5.41) is 1.34. The van der Waals surface area contributed by atoms with Crippen LogP contribution in [-0.2, 0) is 4.74 Å². The number of pyridine rings is 1. The number of H-pyrrole nitrogens is 1. The first-order valence-corrected chi connectivity index (χ1v) is 10.4. The number of amides is 1. The van der Waals surface area contributed by atoms with Crippen molar-refractivity contribution < 1.29 is 9.53 Å². The molecule has 1 N–H and O–H groups in total. The summed E-state index contributed by atoms with van der Waals surface area (Å²) >= 11 is 1.47. The van der Waals surface area contributed by atoms with E-state index in [0.29, 0.717) is 29.4 Å². The average molecular weight is 405 g/mol. The number of fused-ring (bicyclic) bond motifs is 2. The third-order valence-corrected chi connectivity index (χ3v) is 6.21. The van der Waals surface area contributed by atoms with E-state index < -0.39 is 0 Å². The molecule has 0 radical (unpaired) electrons. The average Bonchev–Trinajstić information content (AvgIpc) is 3.40. The first-order chi connectivity index (χ1) is 14.2. The predicted octanol–water partition coefficient (Wildman–Crippen LogP) is 3.96. The van der Waals surface area contributed by atoms with Crippen LogP contribution in [0.1, 0.15) is 23.2 Å². The standard InChI is InChI=1S/C22H19N3O3S/c26-20-12-16(15-7-1-2-8-17(15)23-20)21(27)25(13-14-6-5-11-28-14)22-24-18-9-3-4-10-19(18)29-22/h1-4,7-10,12,14H,5-6,11,13H2,(H,23,26). The third kappa shape index (κ3) is 3.43. The number of rotatable bonds is 4. The Labute approximate surface area is 170 Å². The van der Waals surface area contributed by atoms with Gasteiger partial charge in [-0.05, 0) is 31.0 Å². The predicted molar refractivity (Wildman–Crippen MR) is 115 cm³/mol. The lowest BCUT2D eigenvalue weighted by atomic mass is 10.1. The van der Waals surface area contributed by atoms with Crippen molar-refractivity contribution in [2.45, 2.75) is 18.9 Å². The van der Waals surface area contributed by atoms with E-state index in [1.807, 2.05) is 42.5 Å². The minimum Gasteiger partial charge on any atom is -0.376 e. The lowest BCUT2D eigenvalue weighted by molar-refractivity contribution is 0.0918. The SMILES string of the molecule is O=C(c1cc(=O)[nH]c2ccccc12)N(CC1CCCO1)c1nc2ccccc2s1. The van der Waals surface area contributed by atoms with Gasteiger partial charge in [-0.2, -0.15) is 0 Å². The molecule has 1 aliphatic rings. The number of aromatic nitrogens is 2. The van der Waals surface area contributed by atoms with Crippen LogP contribution in [0.3, 0.4) is 0 Å². The molecule has 1 fully saturated rings. The van der Waals surface area contributed by atoms with Gasteiger partial charge in [0.1, 0.15) is 0 Å². The molecule has 2 aromatic carbocycles. The molecule has 6 nitrogen and oxygen atoms in total. The van der Waals surface area contributed by atoms with E-state index in [2.05, 4.69) is 9.97 Å². The van der Waals surface area contributed by atoms with Gasteiger partial charge in [-0.1, -0.05) is 41.7 Å². The highest BCUT2D eigenvalue weighted by Crippen LogP contribution is 2.31. The Balaban J connectivity index is 1.62. The molecule has 3 heterocycles. The summed E-state index contributed by atoms with van der Waals surface area (Å²) in [4.78, 5) is 35.0. The van der Waals surface area contributed by atoms with Crippen LogP contribution in [-0.4, -0.2) is 35.1 Å². The van der Waals surface area contributed by atoms with Gasteiger partial charge in [-0.3, -0.25) is 14.5 Å². The number of nitrogens with zero attached hydrogens (tertiary/aromatic N) is 2. The second kappa shape index (κ2) is 7.42. The number of thiazole rings is 1. The van der Waals surface area contributed by atoms with Gasteiger partial charge in [0.25, 0.3) is 5.91 Å². The molecule has 1 unspecified atom stereocenters. The van der Waals surface area contributed by atoms with Crippen molar-refractivity contribution in [3.8, 4) is 0 Å². The summed E-state index contributed by atoms with van der Waals surface area (Å²) in [6, 6.07) is 16.5. The summed E-state index contributed by atoms with van der Waals surface area (Å²) in [6.07, 6.45) is 1.87. The van der Waals surface area contributed by atoms with Crippen molar-refractivity contribution in [2.75, 3.05) is 18.1 Å². The van der Waals surface area contributed by atoms with Gasteiger partial charge in [0.2, 0.25) is 5.56 Å². The largest absolute Gasteiger partial charge is 0.376 e. The van der Waals surface area contributed by atoms with Crippen LogP contribution in [0.25, 0.3) is 21.1 Å². The molecular formula is C22H19N3O3S. The summed E-state index contributed by atoms with van der Waals surface area (Å²) in [6.45, 7) is 1.13. The van der Waals surface area contributed by atoms with Crippen molar-refractivity contribution in [2.24, 2.45) is 0 Å². The van der Waals surface area contributed by atoms with E-state index in [0.717, 1.165) is 28.4 Å². The zero-order valence-electron chi connectivity index (χ0n) is 15.6. The van der Waals surface area contributed by atoms with Gasteiger partial charge in [-0.15, -0.1) is 0 Å². The van der Waals surface area contributed by atoms with Crippen LogP contribution in [0.4, 0.5) is 5.13 Å². The second-order valence-electron chi connectivity index (χ2n) is 7.11. The molecule has 0 bridgehead atoms. The maximum atomic E-state index is 13.7. The van der Waals surface area contributed by atoms with E-state index in [1.165, 1.54) is 17.4 Å². The molecule has 7 heteroatoms. The Morgan fingerprint density at radius 3 is 2.86 bits per heavy atom. The van der Waals surface area contributed by atoms with Crippen LogP contribution >= 0.6 is 11.3 Å². The smallest absolute Gasteiger partial charge is 0.261 e. The van der Waals surface area contributed by atoms with Crippen LogP contribution < -0.4 is 10.5 Å². The number of hydrogen-bond donors (Lipinski definition) is 1. The number of carbonyl (C=O) groups is 1. The molecule has 0 spiro atoms. The van der Waals surface area contributed by atoms with Gasteiger partial charge in [0, 0.05) is 23.6 Å². The number of nitrogens with one attached hydrogen (secondary N) is 1. The zero-order valence-corrected chi connectivity index (χ0v) is 16.4. The monoisotopic (exact) mass is 405 g/mol. The molecule has 29 heavy (non-hydrogen) atoms. The van der Waals surface area contributed by atoms with E-state index >= 15 is 0 Å². The fourth-order valence-electron chi connectivity index (χ4n) is 3.74. The van der Waals surface area contributed by atoms with Crippen molar-refractivity contribution in [3.05, 3.63) is 70.5 Å². The maximum absolute atomic E-state index is 13.7. The van der Waals surface area contributed by atoms with Gasteiger partial charge < -0.3 is 9.72 Å². The molecule has 0 saturated carbocycles.